The maximum absolute atomic E-state index is 6.01. The standard InChI is InChI=1S/C12H16ClN/c1-14-9-12(6-3-7-12)10-4-2-5-11(13)8-10/h2,4-5,8,14H,3,6-7,9H2,1H3. The van der Waals surface area contributed by atoms with Gasteiger partial charge in [0.25, 0.3) is 0 Å². The lowest BCUT2D eigenvalue weighted by molar-refractivity contribution is 0.239. The predicted octanol–water partition coefficient (Wildman–Crippen LogP) is 2.98. The number of likely N-dealkylation sites (N-methyl/N-ethyl adjacent to an activating group) is 1. The van der Waals surface area contributed by atoms with E-state index in [0.29, 0.717) is 5.41 Å². The van der Waals surface area contributed by atoms with E-state index in [2.05, 4.69) is 17.4 Å². The molecule has 0 saturated heterocycles. The normalized spacial score (nSPS) is 19.0. The van der Waals surface area contributed by atoms with E-state index in [1.807, 2.05) is 19.2 Å². The molecular weight excluding hydrogens is 194 g/mol. The Bertz CT molecular complexity index is 318. The molecule has 1 aromatic rings. The van der Waals surface area contributed by atoms with Crippen molar-refractivity contribution >= 4 is 11.6 Å². The molecule has 0 unspecified atom stereocenters. The third-order valence-electron chi connectivity index (χ3n) is 3.26. The van der Waals surface area contributed by atoms with Gasteiger partial charge in [0, 0.05) is 17.0 Å². The first-order chi connectivity index (χ1) is 6.77. The molecule has 0 atom stereocenters. The van der Waals surface area contributed by atoms with Crippen LogP contribution in [0.4, 0.5) is 0 Å². The molecule has 0 heterocycles. The average molecular weight is 210 g/mol. The van der Waals surface area contributed by atoms with Crippen LogP contribution >= 0.6 is 11.6 Å². The third kappa shape index (κ3) is 1.67. The van der Waals surface area contributed by atoms with Crippen molar-refractivity contribution in [3.8, 4) is 0 Å². The van der Waals surface area contributed by atoms with Crippen LogP contribution in [0.5, 0.6) is 0 Å². The van der Waals surface area contributed by atoms with E-state index in [0.717, 1.165) is 11.6 Å². The molecule has 1 N–H and O–H groups in total. The van der Waals surface area contributed by atoms with E-state index in [-0.39, 0.29) is 0 Å². The van der Waals surface area contributed by atoms with Gasteiger partial charge in [-0.25, -0.2) is 0 Å². The molecule has 76 valence electrons. The molecule has 1 nitrogen and oxygen atoms in total. The summed E-state index contributed by atoms with van der Waals surface area (Å²) in [5.74, 6) is 0. The summed E-state index contributed by atoms with van der Waals surface area (Å²) >= 11 is 6.01. The third-order valence-corrected chi connectivity index (χ3v) is 3.50. The van der Waals surface area contributed by atoms with Crippen molar-refractivity contribution < 1.29 is 0 Å². The molecular formula is C12H16ClN. The van der Waals surface area contributed by atoms with Gasteiger partial charge in [-0.2, -0.15) is 0 Å². The monoisotopic (exact) mass is 209 g/mol. The minimum atomic E-state index is 0.361. The second-order valence-corrected chi connectivity index (χ2v) is 4.61. The SMILES string of the molecule is CNCC1(c2cccc(Cl)c2)CCC1. The second-order valence-electron chi connectivity index (χ2n) is 4.17. The molecule has 1 aliphatic carbocycles. The van der Waals surface area contributed by atoms with Gasteiger partial charge in [-0.15, -0.1) is 0 Å². The Morgan fingerprint density at radius 3 is 2.71 bits per heavy atom. The molecule has 14 heavy (non-hydrogen) atoms. The van der Waals surface area contributed by atoms with Gasteiger partial charge in [0.2, 0.25) is 0 Å². The van der Waals surface area contributed by atoms with Crippen LogP contribution in [-0.4, -0.2) is 13.6 Å². The molecule has 0 aromatic heterocycles. The highest BCUT2D eigenvalue weighted by Gasteiger charge is 2.37. The molecule has 1 fully saturated rings. The van der Waals surface area contributed by atoms with Crippen LogP contribution < -0.4 is 5.32 Å². The number of halogens is 1. The zero-order chi connectivity index (χ0) is 10.0. The van der Waals surface area contributed by atoms with Crippen molar-refractivity contribution in [1.29, 1.82) is 0 Å². The van der Waals surface area contributed by atoms with E-state index in [4.69, 9.17) is 11.6 Å². The van der Waals surface area contributed by atoms with Gasteiger partial charge in [0.1, 0.15) is 0 Å². The lowest BCUT2D eigenvalue weighted by Gasteiger charge is -2.42. The van der Waals surface area contributed by atoms with Crippen molar-refractivity contribution in [2.75, 3.05) is 13.6 Å². The van der Waals surface area contributed by atoms with Crippen LogP contribution in [0.1, 0.15) is 24.8 Å². The van der Waals surface area contributed by atoms with E-state index in [1.165, 1.54) is 24.8 Å². The number of nitrogens with one attached hydrogen (secondary N) is 1. The summed E-state index contributed by atoms with van der Waals surface area (Å²) in [4.78, 5) is 0. The topological polar surface area (TPSA) is 12.0 Å². The van der Waals surface area contributed by atoms with Gasteiger partial charge in [-0.3, -0.25) is 0 Å². The Hall–Kier alpha value is -0.530. The quantitative estimate of drug-likeness (QED) is 0.807. The smallest absolute Gasteiger partial charge is 0.0408 e. The summed E-state index contributed by atoms with van der Waals surface area (Å²) in [6.45, 7) is 1.06. The minimum absolute atomic E-state index is 0.361. The molecule has 1 saturated carbocycles. The van der Waals surface area contributed by atoms with Gasteiger partial charge >= 0.3 is 0 Å². The van der Waals surface area contributed by atoms with Crippen molar-refractivity contribution in [3.05, 3.63) is 34.9 Å². The number of rotatable bonds is 3. The summed E-state index contributed by atoms with van der Waals surface area (Å²) in [6.07, 6.45) is 3.91. The van der Waals surface area contributed by atoms with Crippen molar-refractivity contribution in [2.24, 2.45) is 0 Å². The summed E-state index contributed by atoms with van der Waals surface area (Å²) in [7, 11) is 2.02. The lowest BCUT2D eigenvalue weighted by atomic mass is 9.64. The molecule has 2 rings (SSSR count). The molecule has 0 aliphatic heterocycles. The van der Waals surface area contributed by atoms with Crippen LogP contribution in [0, 0.1) is 0 Å². The number of hydrogen-bond donors (Lipinski definition) is 1. The molecule has 0 radical (unpaired) electrons. The van der Waals surface area contributed by atoms with Gasteiger partial charge < -0.3 is 5.32 Å². The second kappa shape index (κ2) is 3.92. The lowest BCUT2D eigenvalue weighted by Crippen LogP contribution is -2.42. The summed E-state index contributed by atoms with van der Waals surface area (Å²) in [6, 6.07) is 8.30. The molecule has 0 bridgehead atoms. The highest BCUT2D eigenvalue weighted by atomic mass is 35.5. The molecule has 1 aliphatic rings. The van der Waals surface area contributed by atoms with E-state index in [9.17, 15) is 0 Å². The van der Waals surface area contributed by atoms with Crippen LogP contribution in [0.3, 0.4) is 0 Å². The molecule has 0 amide bonds. The van der Waals surface area contributed by atoms with E-state index >= 15 is 0 Å². The van der Waals surface area contributed by atoms with Crippen LogP contribution in [0.25, 0.3) is 0 Å². The molecule has 0 spiro atoms. The first kappa shape index (κ1) is 10.0. The first-order valence-corrected chi connectivity index (χ1v) is 5.55. The Balaban J connectivity index is 2.27. The van der Waals surface area contributed by atoms with Crippen molar-refractivity contribution in [3.63, 3.8) is 0 Å². The molecule has 1 aromatic carbocycles. The average Bonchev–Trinajstić information content (AvgIpc) is 2.11. The fourth-order valence-electron chi connectivity index (χ4n) is 2.33. The van der Waals surface area contributed by atoms with Gasteiger partial charge in [-0.05, 0) is 37.6 Å². The highest BCUT2D eigenvalue weighted by molar-refractivity contribution is 6.30. The fourth-order valence-corrected chi connectivity index (χ4v) is 2.52. The number of benzene rings is 1. The largest absolute Gasteiger partial charge is 0.319 e. The Labute approximate surface area is 90.5 Å². The highest BCUT2D eigenvalue weighted by Crippen LogP contribution is 2.43. The van der Waals surface area contributed by atoms with Gasteiger partial charge in [-0.1, -0.05) is 30.2 Å². The zero-order valence-electron chi connectivity index (χ0n) is 8.52. The summed E-state index contributed by atoms with van der Waals surface area (Å²) < 4.78 is 0. The predicted molar refractivity (Wildman–Crippen MR) is 60.9 cm³/mol. The van der Waals surface area contributed by atoms with Gasteiger partial charge in [0.15, 0.2) is 0 Å². The summed E-state index contributed by atoms with van der Waals surface area (Å²) in [5, 5.41) is 4.14. The van der Waals surface area contributed by atoms with Gasteiger partial charge in [0.05, 0.1) is 0 Å². The maximum atomic E-state index is 6.01. The fraction of sp³-hybridized carbons (Fsp3) is 0.500. The Morgan fingerprint density at radius 1 is 1.43 bits per heavy atom. The van der Waals surface area contributed by atoms with Crippen LogP contribution in [0.2, 0.25) is 5.02 Å². The van der Waals surface area contributed by atoms with Crippen molar-refractivity contribution in [2.45, 2.75) is 24.7 Å². The Morgan fingerprint density at radius 2 is 2.21 bits per heavy atom. The van der Waals surface area contributed by atoms with Crippen LogP contribution in [-0.2, 0) is 5.41 Å². The van der Waals surface area contributed by atoms with Crippen molar-refractivity contribution in [1.82, 2.24) is 5.32 Å². The Kier molecular flexibility index (Phi) is 2.80. The minimum Gasteiger partial charge on any atom is -0.319 e. The first-order valence-electron chi connectivity index (χ1n) is 5.17. The van der Waals surface area contributed by atoms with Crippen LogP contribution in [0.15, 0.2) is 24.3 Å². The van der Waals surface area contributed by atoms with E-state index < -0.39 is 0 Å². The van der Waals surface area contributed by atoms with E-state index in [1.54, 1.807) is 0 Å². The maximum Gasteiger partial charge on any atom is 0.0408 e. The number of hydrogen-bond acceptors (Lipinski definition) is 1. The summed E-state index contributed by atoms with van der Waals surface area (Å²) in [5.41, 5.74) is 1.75. The zero-order valence-corrected chi connectivity index (χ0v) is 9.27. The molecule has 2 heteroatoms.